The van der Waals surface area contributed by atoms with Crippen molar-refractivity contribution in [1.29, 1.82) is 0 Å². The normalized spacial score (nSPS) is 21.9. The number of para-hydroxylation sites is 3. The second-order valence-electron chi connectivity index (χ2n) is 7.69. The highest BCUT2D eigenvalue weighted by atomic mass is 16.7. The Morgan fingerprint density at radius 1 is 0.939 bits per heavy atom. The van der Waals surface area contributed by atoms with Gasteiger partial charge in [0.25, 0.3) is 11.6 Å². The lowest BCUT2D eigenvalue weighted by Crippen LogP contribution is -2.37. The molecule has 9 heteroatoms. The predicted octanol–water partition coefficient (Wildman–Crippen LogP) is 3.65. The number of fused-ring (bicyclic) bond motifs is 1. The summed E-state index contributed by atoms with van der Waals surface area (Å²) in [5.74, 6) is -1.48. The molecule has 0 radical (unpaired) electrons. The van der Waals surface area contributed by atoms with E-state index in [2.05, 4.69) is 0 Å². The lowest BCUT2D eigenvalue weighted by atomic mass is 9.90. The Morgan fingerprint density at radius 3 is 2.39 bits per heavy atom. The van der Waals surface area contributed by atoms with Gasteiger partial charge in [0.05, 0.1) is 29.4 Å². The Balaban J connectivity index is 1.62. The molecule has 3 atom stereocenters. The summed E-state index contributed by atoms with van der Waals surface area (Å²) >= 11 is 0. The van der Waals surface area contributed by atoms with Gasteiger partial charge >= 0.3 is 0 Å². The number of nitro benzene ring substituents is 1. The minimum absolute atomic E-state index is 0.109. The van der Waals surface area contributed by atoms with Crippen LogP contribution in [0.2, 0.25) is 0 Å². The second-order valence-corrected chi connectivity index (χ2v) is 7.69. The fourth-order valence-corrected chi connectivity index (χ4v) is 4.43. The molecule has 2 saturated heterocycles. The molecular weight excluding hydrogens is 426 g/mol. The minimum atomic E-state index is -1.08. The van der Waals surface area contributed by atoms with Gasteiger partial charge in [0.2, 0.25) is 5.91 Å². The van der Waals surface area contributed by atoms with E-state index in [-0.39, 0.29) is 5.69 Å². The third-order valence-electron chi connectivity index (χ3n) is 5.87. The third kappa shape index (κ3) is 3.30. The first-order chi connectivity index (χ1) is 16.0. The average molecular weight is 445 g/mol. The zero-order valence-corrected chi connectivity index (χ0v) is 17.5. The van der Waals surface area contributed by atoms with E-state index in [0.29, 0.717) is 22.7 Å². The molecule has 9 nitrogen and oxygen atoms in total. The molecule has 2 amide bonds. The van der Waals surface area contributed by atoms with Crippen LogP contribution in [0.25, 0.3) is 0 Å². The molecule has 0 bridgehead atoms. The van der Waals surface area contributed by atoms with Gasteiger partial charge in [-0.1, -0.05) is 42.5 Å². The summed E-state index contributed by atoms with van der Waals surface area (Å²) in [6.45, 7) is 0. The summed E-state index contributed by atoms with van der Waals surface area (Å²) < 4.78 is 5.35. The fourth-order valence-electron chi connectivity index (χ4n) is 4.43. The van der Waals surface area contributed by atoms with Crippen molar-refractivity contribution in [2.45, 2.75) is 12.1 Å². The number of hydroxylamine groups is 1. The van der Waals surface area contributed by atoms with Crippen LogP contribution in [0.4, 0.5) is 17.1 Å². The average Bonchev–Trinajstić information content (AvgIpc) is 3.35. The Morgan fingerprint density at radius 2 is 1.67 bits per heavy atom. The highest BCUT2D eigenvalue weighted by Crippen LogP contribution is 2.48. The number of carbonyl (C=O) groups excluding carboxylic acids is 2. The lowest BCUT2D eigenvalue weighted by Gasteiger charge is -2.29. The van der Waals surface area contributed by atoms with Gasteiger partial charge in [0, 0.05) is 12.1 Å². The minimum Gasteiger partial charge on any atom is -0.495 e. The van der Waals surface area contributed by atoms with Crippen LogP contribution in [-0.4, -0.2) is 30.0 Å². The molecule has 2 fully saturated rings. The van der Waals surface area contributed by atoms with Crippen molar-refractivity contribution in [1.82, 2.24) is 0 Å². The quantitative estimate of drug-likeness (QED) is 0.336. The monoisotopic (exact) mass is 445 g/mol. The predicted molar refractivity (Wildman–Crippen MR) is 119 cm³/mol. The summed E-state index contributed by atoms with van der Waals surface area (Å²) in [5, 5.41) is 12.9. The third-order valence-corrected chi connectivity index (χ3v) is 5.87. The molecule has 3 aromatic rings. The Hall–Kier alpha value is -4.24. The van der Waals surface area contributed by atoms with Gasteiger partial charge in [0.15, 0.2) is 6.10 Å². The van der Waals surface area contributed by atoms with E-state index in [9.17, 15) is 19.7 Å². The van der Waals surface area contributed by atoms with E-state index in [1.807, 2.05) is 18.2 Å². The number of carbonyl (C=O) groups is 2. The van der Waals surface area contributed by atoms with Crippen molar-refractivity contribution in [2.75, 3.05) is 17.1 Å². The van der Waals surface area contributed by atoms with Crippen LogP contribution < -0.4 is 14.7 Å². The molecule has 166 valence electrons. The number of hydrogen-bond acceptors (Lipinski definition) is 7. The molecule has 3 aromatic carbocycles. The zero-order chi connectivity index (χ0) is 23.1. The number of imide groups is 1. The van der Waals surface area contributed by atoms with Crippen molar-refractivity contribution in [3.05, 3.63) is 94.5 Å². The van der Waals surface area contributed by atoms with Crippen molar-refractivity contribution < 1.29 is 24.1 Å². The first kappa shape index (κ1) is 20.7. The molecule has 2 heterocycles. The Kier molecular flexibility index (Phi) is 5.02. The maximum absolute atomic E-state index is 13.7. The summed E-state index contributed by atoms with van der Waals surface area (Å²) in [6.07, 6.45) is -1.08. The molecule has 0 N–H and O–H groups in total. The molecule has 0 aliphatic carbocycles. The number of rotatable bonds is 5. The van der Waals surface area contributed by atoms with E-state index in [1.165, 1.54) is 24.3 Å². The second kappa shape index (κ2) is 8.03. The molecule has 0 spiro atoms. The number of nitrogens with zero attached hydrogens (tertiary/aromatic N) is 3. The van der Waals surface area contributed by atoms with Crippen LogP contribution >= 0.6 is 0 Å². The standard InChI is InChI=1S/C24H19N3O6/c1-32-19-13-6-5-12-18(19)25-23(28)20-21(15-8-7-11-17(14-15)27(30)31)26(33-22(20)24(25)29)16-9-3-2-4-10-16/h2-14,20-22H,1H3. The van der Waals surface area contributed by atoms with Gasteiger partial charge in [-0.3, -0.25) is 24.5 Å². The summed E-state index contributed by atoms with van der Waals surface area (Å²) in [7, 11) is 1.46. The molecule has 2 aliphatic heterocycles. The summed E-state index contributed by atoms with van der Waals surface area (Å²) in [6, 6.07) is 21.1. The van der Waals surface area contributed by atoms with Crippen LogP contribution in [0.15, 0.2) is 78.9 Å². The highest BCUT2D eigenvalue weighted by molar-refractivity contribution is 6.24. The number of anilines is 2. The van der Waals surface area contributed by atoms with Gasteiger partial charge in [-0.2, -0.15) is 0 Å². The van der Waals surface area contributed by atoms with E-state index in [1.54, 1.807) is 48.5 Å². The van der Waals surface area contributed by atoms with E-state index in [4.69, 9.17) is 9.57 Å². The number of benzene rings is 3. The van der Waals surface area contributed by atoms with E-state index >= 15 is 0 Å². The zero-order valence-electron chi connectivity index (χ0n) is 17.5. The molecule has 3 unspecified atom stereocenters. The lowest BCUT2D eigenvalue weighted by molar-refractivity contribution is -0.384. The van der Waals surface area contributed by atoms with Crippen molar-refractivity contribution in [2.24, 2.45) is 5.92 Å². The first-order valence-electron chi connectivity index (χ1n) is 10.3. The molecule has 2 aliphatic rings. The van der Waals surface area contributed by atoms with Gasteiger partial charge < -0.3 is 4.74 Å². The molecule has 0 saturated carbocycles. The number of methoxy groups -OCH3 is 1. The van der Waals surface area contributed by atoms with Crippen molar-refractivity contribution in [3.8, 4) is 5.75 Å². The van der Waals surface area contributed by atoms with Gasteiger partial charge in [-0.15, -0.1) is 0 Å². The number of amides is 2. The maximum atomic E-state index is 13.7. The number of nitro groups is 1. The van der Waals surface area contributed by atoms with Crippen molar-refractivity contribution in [3.63, 3.8) is 0 Å². The molecule has 33 heavy (non-hydrogen) atoms. The van der Waals surface area contributed by atoms with E-state index < -0.39 is 34.8 Å². The van der Waals surface area contributed by atoms with Crippen LogP contribution in [0.5, 0.6) is 5.75 Å². The van der Waals surface area contributed by atoms with E-state index in [0.717, 1.165) is 4.90 Å². The molecule has 0 aromatic heterocycles. The Labute approximate surface area is 188 Å². The number of ether oxygens (including phenoxy) is 1. The van der Waals surface area contributed by atoms with Crippen LogP contribution in [0.3, 0.4) is 0 Å². The largest absolute Gasteiger partial charge is 0.495 e. The fraction of sp³-hybridized carbons (Fsp3) is 0.167. The van der Waals surface area contributed by atoms with Gasteiger partial charge in [-0.05, 0) is 29.8 Å². The maximum Gasteiger partial charge on any atom is 0.269 e. The molecular formula is C24H19N3O6. The smallest absolute Gasteiger partial charge is 0.269 e. The van der Waals surface area contributed by atoms with Crippen molar-refractivity contribution >= 4 is 28.9 Å². The molecule has 5 rings (SSSR count). The van der Waals surface area contributed by atoms with Crippen LogP contribution in [-0.2, 0) is 14.4 Å². The van der Waals surface area contributed by atoms with Crippen LogP contribution in [0.1, 0.15) is 11.6 Å². The number of non-ortho nitro benzene ring substituents is 1. The summed E-state index contributed by atoms with van der Waals surface area (Å²) in [5.41, 5.74) is 1.36. The van der Waals surface area contributed by atoms with Gasteiger partial charge in [0.1, 0.15) is 11.7 Å². The number of hydrogen-bond donors (Lipinski definition) is 0. The topological polar surface area (TPSA) is 102 Å². The van der Waals surface area contributed by atoms with Crippen LogP contribution in [0, 0.1) is 16.0 Å². The Bertz CT molecular complexity index is 1250. The highest BCUT2D eigenvalue weighted by Gasteiger charge is 2.60. The first-order valence-corrected chi connectivity index (χ1v) is 10.3. The SMILES string of the molecule is COc1ccccc1N1C(=O)C2ON(c3ccccc3)C(c3cccc([N+](=O)[O-])c3)C2C1=O. The van der Waals surface area contributed by atoms with Gasteiger partial charge in [-0.25, -0.2) is 9.96 Å². The summed E-state index contributed by atoms with van der Waals surface area (Å²) in [4.78, 5) is 45.1.